The third kappa shape index (κ3) is 3.81. The van der Waals surface area contributed by atoms with Crippen LogP contribution in [0.5, 0.6) is 5.75 Å². The number of hydrogen-bond donors (Lipinski definition) is 0. The van der Waals surface area contributed by atoms with Gasteiger partial charge in [-0.3, -0.25) is 14.5 Å². The van der Waals surface area contributed by atoms with Crippen LogP contribution in [0.25, 0.3) is 22.0 Å². The highest BCUT2D eigenvalue weighted by atomic mass is 19.1. The Morgan fingerprint density at radius 1 is 1.23 bits per heavy atom. The smallest absolute Gasteiger partial charge is 0.256 e. The van der Waals surface area contributed by atoms with Crippen molar-refractivity contribution >= 4 is 16.8 Å². The Bertz CT molecular complexity index is 1530. The first-order valence-electron chi connectivity index (χ1n) is 12.2. The average Bonchev–Trinajstić information content (AvgIpc) is 3.56. The van der Waals surface area contributed by atoms with Crippen LogP contribution >= 0.6 is 0 Å². The van der Waals surface area contributed by atoms with Crippen LogP contribution in [0.3, 0.4) is 0 Å². The van der Waals surface area contributed by atoms with Gasteiger partial charge in [-0.25, -0.2) is 8.78 Å². The molecule has 4 aromatic rings. The Hall–Kier alpha value is -3.85. The van der Waals surface area contributed by atoms with Crippen LogP contribution in [0, 0.1) is 11.6 Å². The molecule has 0 bridgehead atoms. The van der Waals surface area contributed by atoms with Crippen molar-refractivity contribution in [3.05, 3.63) is 77.2 Å². The van der Waals surface area contributed by atoms with Gasteiger partial charge >= 0.3 is 0 Å². The summed E-state index contributed by atoms with van der Waals surface area (Å²) in [4.78, 5) is 17.6. The summed E-state index contributed by atoms with van der Waals surface area (Å²) in [5.74, 6) is -1.88. The van der Waals surface area contributed by atoms with Crippen LogP contribution in [0.2, 0.25) is 0 Å². The van der Waals surface area contributed by atoms with E-state index >= 15 is 8.78 Å². The fourth-order valence-corrected chi connectivity index (χ4v) is 4.50. The lowest BCUT2D eigenvalue weighted by Gasteiger charge is -2.17. The first-order valence-corrected chi connectivity index (χ1v) is 11.2. The molecule has 0 aliphatic carbocycles. The summed E-state index contributed by atoms with van der Waals surface area (Å²) in [6.45, 7) is -1.76. The maximum Gasteiger partial charge on any atom is 0.256 e. The summed E-state index contributed by atoms with van der Waals surface area (Å²) in [6.07, 6.45) is 3.82. The number of aryl methyl sites for hydroxylation is 1. The van der Waals surface area contributed by atoms with E-state index in [-0.39, 0.29) is 22.9 Å². The number of aromatic nitrogens is 3. The molecule has 6 rings (SSSR count). The molecule has 1 atom stereocenters. The summed E-state index contributed by atoms with van der Waals surface area (Å²) in [5, 5.41) is 5.15. The number of amides is 1. The summed E-state index contributed by atoms with van der Waals surface area (Å²) >= 11 is 0. The topological polar surface area (TPSA) is 69.5 Å². The molecule has 178 valence electrons. The van der Waals surface area contributed by atoms with Gasteiger partial charge in [-0.1, -0.05) is 0 Å². The minimum Gasteiger partial charge on any atom is -0.486 e. The van der Waals surface area contributed by atoms with Crippen molar-refractivity contribution in [1.82, 2.24) is 19.7 Å². The van der Waals surface area contributed by atoms with E-state index in [1.54, 1.807) is 30.1 Å². The highest BCUT2D eigenvalue weighted by Crippen LogP contribution is 2.36. The number of pyridine rings is 1. The standard InChI is InChI=1S/C26H22F2N4O3/c1-31-11-19-17(4-5-24(25(19)30-31)35-16-6-8-34-14-16)15-9-21(27)20(22(28)10-15)12-32-13-23-18(26(32)33)3-2-7-29-23/h2-5,7,9-11,16H,6,8,12-14H2,1H3/i13D2. The van der Waals surface area contributed by atoms with Crippen LogP contribution in [0.4, 0.5) is 8.78 Å². The van der Waals surface area contributed by atoms with E-state index in [4.69, 9.17) is 12.2 Å². The van der Waals surface area contributed by atoms with E-state index < -0.39 is 36.1 Å². The number of ether oxygens (including phenoxy) is 2. The van der Waals surface area contributed by atoms with Gasteiger partial charge in [-0.05, 0) is 47.5 Å². The Labute approximate surface area is 202 Å². The molecule has 2 aromatic heterocycles. The molecular formula is C26H22F2N4O3. The molecule has 0 saturated carbocycles. The summed E-state index contributed by atoms with van der Waals surface area (Å²) in [5.41, 5.74) is 1.02. The van der Waals surface area contributed by atoms with Crippen LogP contribution in [-0.4, -0.2) is 44.9 Å². The van der Waals surface area contributed by atoms with E-state index in [1.165, 1.54) is 30.5 Å². The lowest BCUT2D eigenvalue weighted by atomic mass is 9.99. The Kier molecular flexibility index (Phi) is 4.68. The number of carbonyl (C=O) groups is 1. The minimum absolute atomic E-state index is 0.0668. The van der Waals surface area contributed by atoms with Gasteiger partial charge in [-0.15, -0.1) is 0 Å². The highest BCUT2D eigenvalue weighted by Gasteiger charge is 2.30. The number of carbonyl (C=O) groups excluding carboxylic acids is 1. The lowest BCUT2D eigenvalue weighted by Crippen LogP contribution is -2.24. The fraction of sp³-hybridized carbons (Fsp3) is 0.269. The van der Waals surface area contributed by atoms with E-state index in [0.29, 0.717) is 35.4 Å². The maximum atomic E-state index is 15.3. The number of benzene rings is 2. The van der Waals surface area contributed by atoms with Gasteiger partial charge in [-0.2, -0.15) is 5.10 Å². The van der Waals surface area contributed by atoms with Crippen LogP contribution in [0.1, 0.15) is 30.8 Å². The zero-order valence-corrected chi connectivity index (χ0v) is 18.8. The SMILES string of the molecule is [2H]C1([2H])c2ncccc2C(=O)N1Cc1c(F)cc(-c2ccc(OC3CCOC3)c3nn(C)cc23)cc1F. The van der Waals surface area contributed by atoms with Gasteiger partial charge in [0.2, 0.25) is 0 Å². The molecule has 9 heteroatoms. The third-order valence-corrected chi connectivity index (χ3v) is 6.23. The molecule has 1 unspecified atom stereocenters. The predicted molar refractivity (Wildman–Crippen MR) is 124 cm³/mol. The van der Waals surface area contributed by atoms with Crippen molar-refractivity contribution in [1.29, 1.82) is 0 Å². The van der Waals surface area contributed by atoms with E-state index in [1.807, 2.05) is 0 Å². The molecular weight excluding hydrogens is 454 g/mol. The van der Waals surface area contributed by atoms with E-state index in [2.05, 4.69) is 10.1 Å². The van der Waals surface area contributed by atoms with E-state index in [0.717, 1.165) is 11.3 Å². The van der Waals surface area contributed by atoms with Gasteiger partial charge < -0.3 is 14.4 Å². The minimum atomic E-state index is -2.30. The van der Waals surface area contributed by atoms with Crippen LogP contribution in [0.15, 0.2) is 48.8 Å². The molecule has 2 aliphatic heterocycles. The molecule has 2 aliphatic rings. The fourth-order valence-electron chi connectivity index (χ4n) is 4.50. The third-order valence-electron chi connectivity index (χ3n) is 6.23. The normalized spacial score (nSPS) is 19.7. The zero-order valence-electron chi connectivity index (χ0n) is 20.8. The van der Waals surface area contributed by atoms with Crippen molar-refractivity contribution in [2.75, 3.05) is 13.2 Å². The molecule has 1 amide bonds. The Morgan fingerprint density at radius 3 is 2.80 bits per heavy atom. The van der Waals surface area contributed by atoms with Crippen molar-refractivity contribution in [3.8, 4) is 16.9 Å². The Morgan fingerprint density at radius 2 is 2.06 bits per heavy atom. The number of rotatable bonds is 5. The molecule has 1 saturated heterocycles. The van der Waals surface area contributed by atoms with E-state index in [9.17, 15) is 4.79 Å². The number of hydrogen-bond acceptors (Lipinski definition) is 5. The second-order valence-corrected chi connectivity index (χ2v) is 8.60. The monoisotopic (exact) mass is 478 g/mol. The number of fused-ring (bicyclic) bond motifs is 2. The van der Waals surface area contributed by atoms with Crippen LogP contribution in [-0.2, 0) is 24.8 Å². The van der Waals surface area contributed by atoms with Gasteiger partial charge in [0.15, 0.2) is 0 Å². The summed E-state index contributed by atoms with van der Waals surface area (Å²) in [7, 11) is 1.75. The second kappa shape index (κ2) is 8.42. The average molecular weight is 478 g/mol. The summed E-state index contributed by atoms with van der Waals surface area (Å²) in [6, 6.07) is 8.80. The lowest BCUT2D eigenvalue weighted by molar-refractivity contribution is 0.0763. The molecule has 1 fully saturated rings. The molecule has 4 heterocycles. The second-order valence-electron chi connectivity index (χ2n) is 8.60. The Balaban J connectivity index is 1.35. The first-order chi connectivity index (χ1) is 17.7. The molecule has 0 radical (unpaired) electrons. The van der Waals surface area contributed by atoms with Crippen LogP contribution < -0.4 is 4.74 Å². The van der Waals surface area contributed by atoms with Gasteiger partial charge in [0.05, 0.1) is 40.3 Å². The first kappa shape index (κ1) is 19.5. The number of nitrogens with zero attached hydrogens (tertiary/aromatic N) is 4. The van der Waals surface area contributed by atoms with Gasteiger partial charge in [0.25, 0.3) is 5.91 Å². The maximum absolute atomic E-state index is 15.3. The van der Waals surface area contributed by atoms with Crippen molar-refractivity contribution in [3.63, 3.8) is 0 Å². The molecule has 35 heavy (non-hydrogen) atoms. The van der Waals surface area contributed by atoms with Gasteiger partial charge in [0, 0.05) is 36.8 Å². The highest BCUT2D eigenvalue weighted by molar-refractivity contribution is 5.98. The predicted octanol–water partition coefficient (Wildman–Crippen LogP) is 4.24. The largest absolute Gasteiger partial charge is 0.486 e. The van der Waals surface area contributed by atoms with Gasteiger partial charge in [0.1, 0.15) is 29.0 Å². The molecule has 0 spiro atoms. The molecule has 7 nitrogen and oxygen atoms in total. The zero-order chi connectivity index (χ0) is 25.9. The number of halogens is 2. The van der Waals surface area contributed by atoms with Crippen molar-refractivity contribution in [2.24, 2.45) is 7.05 Å². The van der Waals surface area contributed by atoms with Crippen molar-refractivity contribution < 1.29 is 25.8 Å². The quantitative estimate of drug-likeness (QED) is 0.429. The summed E-state index contributed by atoms with van der Waals surface area (Å²) < 4.78 is 60.4. The van der Waals surface area contributed by atoms with Crippen molar-refractivity contribution in [2.45, 2.75) is 25.6 Å². The molecule has 2 aromatic carbocycles. The molecule has 0 N–H and O–H groups in total.